The van der Waals surface area contributed by atoms with E-state index in [2.05, 4.69) is 30.8 Å². The molecule has 0 saturated heterocycles. The Balaban J connectivity index is 1.31. The summed E-state index contributed by atoms with van der Waals surface area (Å²) < 4.78 is 24.2. The monoisotopic (exact) mass is 551 g/mol. The van der Waals surface area contributed by atoms with Crippen molar-refractivity contribution in [3.05, 3.63) is 85.0 Å². The SMILES string of the molecule is Cn1cc(-c2cc(Oc3ccc(NC(=O)Nc4cn(C(C)(C)C)nc4-c4ccc(C#N)nc4)c(F)c3)ccn2)cn1. The molecule has 4 heterocycles. The summed E-state index contributed by atoms with van der Waals surface area (Å²) in [5.74, 6) is 0.0392. The first-order valence-electron chi connectivity index (χ1n) is 12.6. The third-order valence-corrected chi connectivity index (χ3v) is 5.96. The highest BCUT2D eigenvalue weighted by molar-refractivity contribution is 6.01. The smallest absolute Gasteiger partial charge is 0.323 e. The van der Waals surface area contributed by atoms with Crippen LogP contribution in [0.5, 0.6) is 11.5 Å². The zero-order valence-electron chi connectivity index (χ0n) is 22.8. The Morgan fingerprint density at radius 2 is 1.76 bits per heavy atom. The van der Waals surface area contributed by atoms with E-state index >= 15 is 0 Å². The predicted molar refractivity (Wildman–Crippen MR) is 151 cm³/mol. The van der Waals surface area contributed by atoms with E-state index in [1.165, 1.54) is 18.3 Å². The number of nitrogens with zero attached hydrogens (tertiary/aromatic N) is 7. The summed E-state index contributed by atoms with van der Waals surface area (Å²) in [6.07, 6.45) is 8.32. The first-order chi connectivity index (χ1) is 19.6. The largest absolute Gasteiger partial charge is 0.457 e. The number of urea groups is 1. The van der Waals surface area contributed by atoms with Gasteiger partial charge in [-0.05, 0) is 51.1 Å². The van der Waals surface area contributed by atoms with Gasteiger partial charge in [0.1, 0.15) is 34.8 Å². The maximum Gasteiger partial charge on any atom is 0.323 e. The van der Waals surface area contributed by atoms with Crippen LogP contribution < -0.4 is 15.4 Å². The van der Waals surface area contributed by atoms with Gasteiger partial charge in [-0.25, -0.2) is 14.2 Å². The lowest BCUT2D eigenvalue weighted by Gasteiger charge is -2.18. The van der Waals surface area contributed by atoms with E-state index in [9.17, 15) is 9.18 Å². The Kier molecular flexibility index (Phi) is 7.18. The molecule has 4 aromatic heterocycles. The molecule has 41 heavy (non-hydrogen) atoms. The minimum absolute atomic E-state index is 0.0366. The van der Waals surface area contributed by atoms with Crippen LogP contribution in [0.25, 0.3) is 22.5 Å². The van der Waals surface area contributed by atoms with E-state index < -0.39 is 11.8 Å². The molecule has 5 rings (SSSR count). The molecule has 5 aromatic rings. The molecule has 2 N–H and O–H groups in total. The number of carbonyl (C=O) groups is 1. The normalized spacial score (nSPS) is 11.1. The molecule has 0 atom stereocenters. The molecule has 0 radical (unpaired) electrons. The van der Waals surface area contributed by atoms with Crippen LogP contribution in [0.4, 0.5) is 20.6 Å². The standard InChI is InChI=1S/C29H26FN9O2/c1-29(2,3)39-17-26(27(37-39)18-5-6-20(13-31)33-14-18)36-28(40)35-24-8-7-21(11-23(24)30)41-22-9-10-32-25(12-22)19-15-34-38(4)16-19/h5-12,14-17H,1-4H3,(H2,35,36,40). The number of nitriles is 1. The number of benzene rings is 1. The highest BCUT2D eigenvalue weighted by atomic mass is 19.1. The molecular weight excluding hydrogens is 525 g/mol. The number of rotatable bonds is 6. The van der Waals surface area contributed by atoms with Gasteiger partial charge in [-0.2, -0.15) is 15.5 Å². The number of amides is 2. The molecule has 0 saturated carbocycles. The second-order valence-electron chi connectivity index (χ2n) is 10.2. The Bertz CT molecular complexity index is 1760. The predicted octanol–water partition coefficient (Wildman–Crippen LogP) is 5.94. The second-order valence-corrected chi connectivity index (χ2v) is 10.2. The van der Waals surface area contributed by atoms with Gasteiger partial charge in [-0.1, -0.05) is 0 Å². The van der Waals surface area contributed by atoms with Gasteiger partial charge >= 0.3 is 6.03 Å². The zero-order chi connectivity index (χ0) is 29.1. The highest BCUT2D eigenvalue weighted by Gasteiger charge is 2.21. The van der Waals surface area contributed by atoms with Crippen LogP contribution in [-0.2, 0) is 12.6 Å². The van der Waals surface area contributed by atoms with Crippen LogP contribution in [0.15, 0.2) is 73.4 Å². The fourth-order valence-electron chi connectivity index (χ4n) is 3.88. The number of carbonyl (C=O) groups excluding carboxylic acids is 1. The van der Waals surface area contributed by atoms with E-state index in [4.69, 9.17) is 10.00 Å². The summed E-state index contributed by atoms with van der Waals surface area (Å²) in [5.41, 5.74) is 2.80. The van der Waals surface area contributed by atoms with Gasteiger partial charge < -0.3 is 15.4 Å². The molecule has 1 aromatic carbocycles. The Labute approximate surface area is 235 Å². The molecule has 0 spiro atoms. The van der Waals surface area contributed by atoms with Crippen LogP contribution >= 0.6 is 0 Å². The molecule has 2 amide bonds. The first kappa shape index (κ1) is 27.0. The fourth-order valence-corrected chi connectivity index (χ4v) is 3.88. The van der Waals surface area contributed by atoms with Crippen molar-refractivity contribution in [1.82, 2.24) is 29.5 Å². The number of anilines is 2. The quantitative estimate of drug-likeness (QED) is 0.266. The van der Waals surface area contributed by atoms with Gasteiger partial charge in [-0.15, -0.1) is 0 Å². The van der Waals surface area contributed by atoms with Crippen molar-refractivity contribution in [2.45, 2.75) is 26.3 Å². The molecule has 0 aliphatic rings. The number of halogens is 1. The number of ether oxygens (including phenoxy) is 1. The number of nitrogens with one attached hydrogen (secondary N) is 2. The third kappa shape index (κ3) is 6.20. The molecule has 206 valence electrons. The fraction of sp³-hybridized carbons (Fsp3) is 0.172. The van der Waals surface area contributed by atoms with E-state index in [1.807, 2.05) is 40.1 Å². The molecule has 11 nitrogen and oxygen atoms in total. The summed E-state index contributed by atoms with van der Waals surface area (Å²) in [6.45, 7) is 5.90. The first-order valence-corrected chi connectivity index (χ1v) is 12.6. The molecule has 0 aliphatic heterocycles. The summed E-state index contributed by atoms with van der Waals surface area (Å²) in [4.78, 5) is 21.3. The number of pyridine rings is 2. The highest BCUT2D eigenvalue weighted by Crippen LogP contribution is 2.30. The van der Waals surface area contributed by atoms with Crippen molar-refractivity contribution in [2.24, 2.45) is 7.05 Å². The number of hydrogen-bond acceptors (Lipinski definition) is 7. The molecular formula is C29H26FN9O2. The number of aromatic nitrogens is 6. The zero-order valence-corrected chi connectivity index (χ0v) is 22.8. The lowest BCUT2D eigenvalue weighted by molar-refractivity contribution is 0.262. The maximum atomic E-state index is 15.0. The van der Waals surface area contributed by atoms with Gasteiger partial charge in [0, 0.05) is 55.1 Å². The Hall–Kier alpha value is -5.57. The summed E-state index contributed by atoms with van der Waals surface area (Å²) in [7, 11) is 1.81. The van der Waals surface area contributed by atoms with Crippen molar-refractivity contribution in [3.8, 4) is 40.1 Å². The van der Waals surface area contributed by atoms with Crippen LogP contribution in [-0.4, -0.2) is 35.6 Å². The van der Waals surface area contributed by atoms with Crippen molar-refractivity contribution in [1.29, 1.82) is 5.26 Å². The average molecular weight is 552 g/mol. The van der Waals surface area contributed by atoms with Crippen molar-refractivity contribution in [2.75, 3.05) is 10.6 Å². The number of aryl methyl sites for hydroxylation is 1. The average Bonchev–Trinajstić information content (AvgIpc) is 3.57. The van der Waals surface area contributed by atoms with E-state index in [1.54, 1.807) is 58.3 Å². The van der Waals surface area contributed by atoms with Crippen LogP contribution in [0.3, 0.4) is 0 Å². The van der Waals surface area contributed by atoms with Crippen LogP contribution in [0.2, 0.25) is 0 Å². The molecule has 0 fully saturated rings. The molecule has 0 bridgehead atoms. The van der Waals surface area contributed by atoms with Gasteiger partial charge in [-0.3, -0.25) is 14.3 Å². The topological polar surface area (TPSA) is 136 Å². The van der Waals surface area contributed by atoms with E-state index in [0.29, 0.717) is 28.4 Å². The lowest BCUT2D eigenvalue weighted by atomic mass is 10.1. The van der Waals surface area contributed by atoms with Gasteiger partial charge in [0.15, 0.2) is 0 Å². The van der Waals surface area contributed by atoms with Crippen molar-refractivity contribution >= 4 is 17.4 Å². The number of hydrogen-bond donors (Lipinski definition) is 2. The third-order valence-electron chi connectivity index (χ3n) is 5.96. The van der Waals surface area contributed by atoms with E-state index in [0.717, 1.165) is 5.56 Å². The molecule has 0 unspecified atom stereocenters. The molecule has 0 aliphatic carbocycles. The van der Waals surface area contributed by atoms with E-state index in [-0.39, 0.29) is 22.7 Å². The molecule has 12 heteroatoms. The van der Waals surface area contributed by atoms with Gasteiger partial charge in [0.05, 0.1) is 28.8 Å². The maximum absolute atomic E-state index is 15.0. The summed E-state index contributed by atoms with van der Waals surface area (Å²) >= 11 is 0. The summed E-state index contributed by atoms with van der Waals surface area (Å²) in [5, 5.41) is 23.1. The van der Waals surface area contributed by atoms with Crippen LogP contribution in [0.1, 0.15) is 26.5 Å². The minimum atomic E-state index is -0.680. The minimum Gasteiger partial charge on any atom is -0.457 e. The van der Waals surface area contributed by atoms with Crippen LogP contribution in [0, 0.1) is 17.1 Å². The Morgan fingerprint density at radius 3 is 2.41 bits per heavy atom. The Morgan fingerprint density at radius 1 is 0.976 bits per heavy atom. The van der Waals surface area contributed by atoms with Gasteiger partial charge in [0.25, 0.3) is 0 Å². The summed E-state index contributed by atoms with van der Waals surface area (Å²) in [6, 6.07) is 12.1. The van der Waals surface area contributed by atoms with Crippen molar-refractivity contribution in [3.63, 3.8) is 0 Å². The lowest BCUT2D eigenvalue weighted by Crippen LogP contribution is -2.22. The van der Waals surface area contributed by atoms with Gasteiger partial charge in [0.2, 0.25) is 0 Å². The van der Waals surface area contributed by atoms with Crippen molar-refractivity contribution < 1.29 is 13.9 Å². The second kappa shape index (κ2) is 10.9.